The molecule has 126 valence electrons. The van der Waals surface area contributed by atoms with Gasteiger partial charge >= 0.3 is 0 Å². The Hall–Kier alpha value is -2.45. The number of rotatable bonds is 6. The summed E-state index contributed by atoms with van der Waals surface area (Å²) in [5, 5.41) is 8.54. The van der Waals surface area contributed by atoms with E-state index in [1.807, 2.05) is 24.3 Å². The molecule has 1 amide bonds. The van der Waals surface area contributed by atoms with Crippen LogP contribution in [0.1, 0.15) is 10.4 Å². The maximum atomic E-state index is 12.1. The Morgan fingerprint density at radius 2 is 2.25 bits per heavy atom. The number of hydrogen-bond acceptors (Lipinski definition) is 6. The lowest BCUT2D eigenvalue weighted by Crippen LogP contribution is -2.21. The normalized spacial score (nSPS) is 11.0. The molecule has 3 rings (SSSR count). The summed E-state index contributed by atoms with van der Waals surface area (Å²) < 4.78 is 6.81. The van der Waals surface area contributed by atoms with Crippen molar-refractivity contribution in [3.63, 3.8) is 0 Å². The lowest BCUT2D eigenvalue weighted by atomic mass is 10.1. The molecule has 0 aliphatic carbocycles. The van der Waals surface area contributed by atoms with Gasteiger partial charge < -0.3 is 15.0 Å². The molecule has 24 heavy (non-hydrogen) atoms. The van der Waals surface area contributed by atoms with Crippen LogP contribution < -0.4 is 5.32 Å². The molecule has 7 nitrogen and oxygen atoms in total. The topological polar surface area (TPSA) is 71.8 Å². The standard InChI is InChI=1S/C16H19N5O2S/c1-20(2)14(22)12-6-4-5-11(9-12)13-10-18-16-21(13)19-15(24-16)17-7-8-23-3/h4-6,9-10H,7-8H2,1-3H3,(H,17,19). The third-order valence-corrected chi connectivity index (χ3v) is 4.36. The van der Waals surface area contributed by atoms with Crippen molar-refractivity contribution < 1.29 is 9.53 Å². The van der Waals surface area contributed by atoms with Crippen LogP contribution in [-0.2, 0) is 4.74 Å². The van der Waals surface area contributed by atoms with Crippen molar-refractivity contribution in [1.82, 2.24) is 19.5 Å². The molecule has 0 saturated heterocycles. The number of carbonyl (C=O) groups excluding carboxylic acids is 1. The number of imidazole rings is 1. The van der Waals surface area contributed by atoms with Gasteiger partial charge in [-0.15, -0.1) is 5.10 Å². The van der Waals surface area contributed by atoms with Crippen LogP contribution in [0.4, 0.5) is 5.13 Å². The zero-order valence-corrected chi connectivity index (χ0v) is 14.6. The minimum absolute atomic E-state index is 0.0298. The molecule has 0 radical (unpaired) electrons. The van der Waals surface area contributed by atoms with Gasteiger partial charge in [0.1, 0.15) is 0 Å². The molecule has 0 bridgehead atoms. The second kappa shape index (κ2) is 6.98. The summed E-state index contributed by atoms with van der Waals surface area (Å²) in [6, 6.07) is 7.49. The molecular formula is C16H19N5O2S. The van der Waals surface area contributed by atoms with E-state index in [2.05, 4.69) is 15.4 Å². The van der Waals surface area contributed by atoms with Crippen LogP contribution in [0.15, 0.2) is 30.5 Å². The first-order chi connectivity index (χ1) is 11.6. The lowest BCUT2D eigenvalue weighted by Gasteiger charge is -2.10. The van der Waals surface area contributed by atoms with Gasteiger partial charge in [0.2, 0.25) is 10.1 Å². The van der Waals surface area contributed by atoms with E-state index >= 15 is 0 Å². The van der Waals surface area contributed by atoms with Crippen molar-refractivity contribution >= 4 is 27.3 Å². The number of fused-ring (bicyclic) bond motifs is 1. The van der Waals surface area contributed by atoms with Gasteiger partial charge in [0, 0.05) is 38.9 Å². The van der Waals surface area contributed by atoms with Gasteiger partial charge in [-0.05, 0) is 12.1 Å². The minimum Gasteiger partial charge on any atom is -0.383 e. The van der Waals surface area contributed by atoms with Crippen molar-refractivity contribution in [2.24, 2.45) is 0 Å². The predicted molar refractivity (Wildman–Crippen MR) is 94.7 cm³/mol. The number of aromatic nitrogens is 3. The van der Waals surface area contributed by atoms with Crippen molar-refractivity contribution in [2.75, 3.05) is 39.7 Å². The Kier molecular flexibility index (Phi) is 4.77. The van der Waals surface area contributed by atoms with Crippen LogP contribution in [0.25, 0.3) is 16.2 Å². The molecule has 1 aromatic carbocycles. The molecule has 0 unspecified atom stereocenters. The second-order valence-corrected chi connectivity index (χ2v) is 6.40. The number of nitrogens with one attached hydrogen (secondary N) is 1. The van der Waals surface area contributed by atoms with Gasteiger partial charge in [-0.1, -0.05) is 23.5 Å². The van der Waals surface area contributed by atoms with Crippen LogP contribution in [0.5, 0.6) is 0 Å². The highest BCUT2D eigenvalue weighted by Crippen LogP contribution is 2.26. The smallest absolute Gasteiger partial charge is 0.253 e. The Morgan fingerprint density at radius 1 is 1.42 bits per heavy atom. The molecule has 0 saturated carbocycles. The Morgan fingerprint density at radius 3 is 3.00 bits per heavy atom. The van der Waals surface area contributed by atoms with E-state index in [1.54, 1.807) is 36.8 Å². The molecule has 0 atom stereocenters. The number of nitrogens with zero attached hydrogens (tertiary/aromatic N) is 4. The highest BCUT2D eigenvalue weighted by molar-refractivity contribution is 7.20. The number of methoxy groups -OCH3 is 1. The summed E-state index contributed by atoms with van der Waals surface area (Å²) in [5.41, 5.74) is 2.40. The molecule has 2 aromatic heterocycles. The molecule has 0 spiro atoms. The summed E-state index contributed by atoms with van der Waals surface area (Å²) in [5.74, 6) is -0.0298. The monoisotopic (exact) mass is 345 g/mol. The zero-order chi connectivity index (χ0) is 17.1. The summed E-state index contributed by atoms with van der Waals surface area (Å²) in [4.78, 5) is 18.9. The highest BCUT2D eigenvalue weighted by Gasteiger charge is 2.14. The van der Waals surface area contributed by atoms with Crippen LogP contribution in [0.3, 0.4) is 0 Å². The van der Waals surface area contributed by atoms with E-state index in [0.29, 0.717) is 18.7 Å². The fourth-order valence-corrected chi connectivity index (χ4v) is 3.09. The number of anilines is 1. The van der Waals surface area contributed by atoms with Crippen molar-refractivity contribution in [1.29, 1.82) is 0 Å². The molecule has 3 aromatic rings. The molecular weight excluding hydrogens is 326 g/mol. The third kappa shape index (κ3) is 3.24. The van der Waals surface area contributed by atoms with Gasteiger partial charge in [0.25, 0.3) is 5.91 Å². The van der Waals surface area contributed by atoms with Gasteiger partial charge in [0.05, 0.1) is 18.5 Å². The fraction of sp³-hybridized carbons (Fsp3) is 0.312. The van der Waals surface area contributed by atoms with Gasteiger partial charge in [-0.2, -0.15) is 0 Å². The average Bonchev–Trinajstić information content (AvgIpc) is 3.14. The number of ether oxygens (including phenoxy) is 1. The first kappa shape index (κ1) is 16.4. The maximum Gasteiger partial charge on any atom is 0.253 e. The van der Waals surface area contributed by atoms with E-state index in [4.69, 9.17) is 4.74 Å². The number of carbonyl (C=O) groups is 1. The molecule has 0 aliphatic heterocycles. The summed E-state index contributed by atoms with van der Waals surface area (Å²) in [6.07, 6.45) is 1.77. The summed E-state index contributed by atoms with van der Waals surface area (Å²) >= 11 is 1.48. The molecule has 2 heterocycles. The summed E-state index contributed by atoms with van der Waals surface area (Å²) in [6.45, 7) is 1.30. The average molecular weight is 345 g/mol. The van der Waals surface area contributed by atoms with Crippen LogP contribution in [-0.4, -0.2) is 59.8 Å². The van der Waals surface area contributed by atoms with Crippen molar-refractivity contribution in [3.8, 4) is 11.3 Å². The Labute approximate surface area is 143 Å². The van der Waals surface area contributed by atoms with E-state index in [9.17, 15) is 4.79 Å². The largest absolute Gasteiger partial charge is 0.383 e. The Balaban J connectivity index is 1.92. The van der Waals surface area contributed by atoms with Crippen molar-refractivity contribution in [2.45, 2.75) is 0 Å². The first-order valence-electron chi connectivity index (χ1n) is 7.49. The van der Waals surface area contributed by atoms with E-state index in [1.165, 1.54) is 11.3 Å². The van der Waals surface area contributed by atoms with Gasteiger partial charge in [-0.25, -0.2) is 9.50 Å². The first-order valence-corrected chi connectivity index (χ1v) is 8.31. The number of hydrogen-bond donors (Lipinski definition) is 1. The summed E-state index contributed by atoms with van der Waals surface area (Å²) in [7, 11) is 5.14. The zero-order valence-electron chi connectivity index (χ0n) is 13.8. The molecule has 0 aliphatic rings. The lowest BCUT2D eigenvalue weighted by molar-refractivity contribution is 0.0827. The number of benzene rings is 1. The van der Waals surface area contributed by atoms with E-state index in [0.717, 1.165) is 21.3 Å². The van der Waals surface area contributed by atoms with Crippen LogP contribution in [0, 0.1) is 0 Å². The molecule has 1 N–H and O–H groups in total. The highest BCUT2D eigenvalue weighted by atomic mass is 32.1. The van der Waals surface area contributed by atoms with Crippen LogP contribution >= 0.6 is 11.3 Å². The molecule has 8 heteroatoms. The maximum absolute atomic E-state index is 12.1. The molecule has 0 fully saturated rings. The van der Waals surface area contributed by atoms with Gasteiger partial charge in [-0.3, -0.25) is 4.79 Å². The second-order valence-electron chi connectivity index (χ2n) is 5.44. The van der Waals surface area contributed by atoms with E-state index in [-0.39, 0.29) is 5.91 Å². The fourth-order valence-electron chi connectivity index (χ4n) is 2.29. The van der Waals surface area contributed by atoms with Crippen LogP contribution in [0.2, 0.25) is 0 Å². The number of amides is 1. The minimum atomic E-state index is -0.0298. The van der Waals surface area contributed by atoms with E-state index < -0.39 is 0 Å². The van der Waals surface area contributed by atoms with Crippen molar-refractivity contribution in [3.05, 3.63) is 36.0 Å². The SMILES string of the molecule is COCCNc1nn2c(-c3cccc(C(=O)N(C)C)c3)cnc2s1. The quantitative estimate of drug-likeness (QED) is 0.694. The van der Waals surface area contributed by atoms with Gasteiger partial charge in [0.15, 0.2) is 0 Å². The predicted octanol–water partition coefficient (Wildman–Crippen LogP) is 2.22. The Bertz CT molecular complexity index is 855. The third-order valence-electron chi connectivity index (χ3n) is 3.48.